The van der Waals surface area contributed by atoms with Gasteiger partial charge in [-0.05, 0) is 38.8 Å². The average molecular weight is 419 g/mol. The molecule has 0 aromatic carbocycles. The lowest BCUT2D eigenvalue weighted by molar-refractivity contribution is 0.0122. The fourth-order valence-electron chi connectivity index (χ4n) is 5.20. The molecule has 7 nitrogen and oxygen atoms in total. The van der Waals surface area contributed by atoms with Crippen LogP contribution in [0.2, 0.25) is 0 Å². The second-order valence-corrected chi connectivity index (χ2v) is 9.20. The molecule has 1 aromatic rings. The number of rotatable bonds is 5. The maximum atomic E-state index is 12.5. The van der Waals surface area contributed by atoms with Crippen LogP contribution >= 0.6 is 0 Å². The molecule has 3 aliphatic rings. The molecule has 0 unspecified atom stereocenters. The van der Waals surface area contributed by atoms with Crippen molar-refractivity contribution in [1.82, 2.24) is 19.3 Å². The molecule has 0 aliphatic carbocycles. The van der Waals surface area contributed by atoms with Crippen LogP contribution in [0.3, 0.4) is 0 Å². The van der Waals surface area contributed by atoms with Gasteiger partial charge in [-0.25, -0.2) is 0 Å². The summed E-state index contributed by atoms with van der Waals surface area (Å²) in [4.78, 5) is 19.9. The van der Waals surface area contributed by atoms with Crippen molar-refractivity contribution >= 4 is 0 Å². The van der Waals surface area contributed by atoms with E-state index in [0.29, 0.717) is 12.6 Å². The average Bonchev–Trinajstić information content (AvgIpc) is 3.05. The van der Waals surface area contributed by atoms with Crippen molar-refractivity contribution in [3.8, 4) is 5.75 Å². The third-order valence-corrected chi connectivity index (χ3v) is 7.21. The summed E-state index contributed by atoms with van der Waals surface area (Å²) < 4.78 is 7.56. The summed E-state index contributed by atoms with van der Waals surface area (Å²) in [6, 6.07) is 2.28. The number of likely N-dealkylation sites (tertiary alicyclic amines) is 1. The highest BCUT2D eigenvalue weighted by molar-refractivity contribution is 5.30. The minimum absolute atomic E-state index is 0.0797. The van der Waals surface area contributed by atoms with Gasteiger partial charge < -0.3 is 14.4 Å². The highest BCUT2D eigenvalue weighted by atomic mass is 16.5. The molecule has 3 saturated heterocycles. The lowest BCUT2D eigenvalue weighted by Crippen LogP contribution is -2.51. The van der Waals surface area contributed by atoms with Crippen LogP contribution in [-0.4, -0.2) is 82.9 Å². The summed E-state index contributed by atoms with van der Waals surface area (Å²) in [6.45, 7) is 9.42. The van der Waals surface area contributed by atoms with Gasteiger partial charge in [0.15, 0.2) is 5.75 Å². The molecule has 30 heavy (non-hydrogen) atoms. The molecule has 1 aromatic heterocycles. The van der Waals surface area contributed by atoms with Crippen LogP contribution in [0.5, 0.6) is 5.75 Å². The van der Waals surface area contributed by atoms with Crippen LogP contribution in [0.25, 0.3) is 0 Å². The van der Waals surface area contributed by atoms with Gasteiger partial charge in [-0.15, -0.1) is 0 Å². The van der Waals surface area contributed by atoms with Crippen molar-refractivity contribution in [2.24, 2.45) is 7.05 Å². The Labute approximate surface area is 180 Å². The Morgan fingerprint density at radius 3 is 2.23 bits per heavy atom. The van der Waals surface area contributed by atoms with Gasteiger partial charge >= 0.3 is 0 Å². The molecular weight excluding hydrogens is 380 g/mol. The molecule has 7 heteroatoms. The summed E-state index contributed by atoms with van der Waals surface area (Å²) in [7, 11) is 2.00. The Morgan fingerprint density at radius 1 is 0.933 bits per heavy atom. The SMILES string of the molecule is Cn1c(CN2CCCCCC2)cc(=O)c(O)c1CN1CCN(C2CCOCC2)CC1. The normalized spacial score (nSPS) is 23.5. The smallest absolute Gasteiger partial charge is 0.223 e. The maximum absolute atomic E-state index is 12.5. The first kappa shape index (κ1) is 21.8. The van der Waals surface area contributed by atoms with Crippen molar-refractivity contribution in [3.63, 3.8) is 0 Å². The Morgan fingerprint density at radius 2 is 1.57 bits per heavy atom. The molecule has 3 aliphatic heterocycles. The summed E-state index contributed by atoms with van der Waals surface area (Å²) in [6.07, 6.45) is 7.33. The first-order chi connectivity index (χ1) is 14.6. The highest BCUT2D eigenvalue weighted by Gasteiger charge is 2.26. The number of ether oxygens (including phenoxy) is 1. The predicted octanol–water partition coefficient (Wildman–Crippen LogP) is 1.76. The molecule has 1 N–H and O–H groups in total. The van der Waals surface area contributed by atoms with Crippen LogP contribution in [0.1, 0.15) is 49.9 Å². The van der Waals surface area contributed by atoms with E-state index in [4.69, 9.17) is 4.74 Å². The van der Waals surface area contributed by atoms with Crippen molar-refractivity contribution in [3.05, 3.63) is 27.7 Å². The third-order valence-electron chi connectivity index (χ3n) is 7.21. The number of pyridine rings is 1. The number of nitrogens with zero attached hydrogens (tertiary/aromatic N) is 4. The number of aromatic nitrogens is 1. The first-order valence-corrected chi connectivity index (χ1v) is 11.8. The zero-order chi connectivity index (χ0) is 20.9. The fourth-order valence-corrected chi connectivity index (χ4v) is 5.20. The lowest BCUT2D eigenvalue weighted by atomic mass is 10.1. The third kappa shape index (κ3) is 5.25. The Bertz CT molecular complexity index is 744. The molecule has 0 atom stereocenters. The monoisotopic (exact) mass is 418 g/mol. The van der Waals surface area contributed by atoms with Gasteiger partial charge in [0.1, 0.15) is 0 Å². The predicted molar refractivity (Wildman–Crippen MR) is 118 cm³/mol. The van der Waals surface area contributed by atoms with Crippen LogP contribution in [0.15, 0.2) is 10.9 Å². The molecule has 0 spiro atoms. The van der Waals surface area contributed by atoms with Crippen molar-refractivity contribution in [2.75, 3.05) is 52.5 Å². The van der Waals surface area contributed by atoms with Crippen molar-refractivity contribution in [1.29, 1.82) is 0 Å². The van der Waals surface area contributed by atoms with Crippen LogP contribution in [-0.2, 0) is 24.9 Å². The Hall–Kier alpha value is -1.41. The van der Waals surface area contributed by atoms with E-state index in [0.717, 1.165) is 83.3 Å². The summed E-state index contributed by atoms with van der Waals surface area (Å²) in [5, 5.41) is 10.5. The van der Waals surface area contributed by atoms with Crippen LogP contribution < -0.4 is 5.43 Å². The highest BCUT2D eigenvalue weighted by Crippen LogP contribution is 2.21. The lowest BCUT2D eigenvalue weighted by Gasteiger charge is -2.40. The van der Waals surface area contributed by atoms with E-state index in [1.54, 1.807) is 6.07 Å². The van der Waals surface area contributed by atoms with Gasteiger partial charge in [-0.1, -0.05) is 12.8 Å². The van der Waals surface area contributed by atoms with E-state index in [9.17, 15) is 9.90 Å². The molecule has 168 valence electrons. The molecule has 0 amide bonds. The second kappa shape index (κ2) is 10.3. The Balaban J connectivity index is 1.41. The number of aromatic hydroxyl groups is 1. The van der Waals surface area contributed by atoms with E-state index in [2.05, 4.69) is 19.3 Å². The van der Waals surface area contributed by atoms with E-state index in [-0.39, 0.29) is 11.2 Å². The molecule has 0 saturated carbocycles. The standard InChI is InChI=1S/C23H38N4O3/c1-24-20(17-25-8-4-2-3-5-9-25)16-22(28)23(29)21(24)18-26-10-12-27(13-11-26)19-6-14-30-15-7-19/h16,19,29H,2-15,17-18H2,1H3. The van der Waals surface area contributed by atoms with E-state index in [1.807, 2.05) is 7.05 Å². The Kier molecular flexibility index (Phi) is 7.46. The zero-order valence-electron chi connectivity index (χ0n) is 18.5. The molecule has 4 rings (SSSR count). The van der Waals surface area contributed by atoms with Gasteiger partial charge in [-0.2, -0.15) is 0 Å². The molecule has 4 heterocycles. The van der Waals surface area contributed by atoms with Crippen molar-refractivity contribution in [2.45, 2.75) is 57.7 Å². The summed E-state index contributed by atoms with van der Waals surface area (Å²) in [5.41, 5.74) is 1.52. The number of hydrogen-bond acceptors (Lipinski definition) is 6. The quantitative estimate of drug-likeness (QED) is 0.786. The summed E-state index contributed by atoms with van der Waals surface area (Å²) in [5.74, 6) is -0.0797. The second-order valence-electron chi connectivity index (χ2n) is 9.20. The summed E-state index contributed by atoms with van der Waals surface area (Å²) >= 11 is 0. The van der Waals surface area contributed by atoms with Crippen LogP contribution in [0, 0.1) is 0 Å². The van der Waals surface area contributed by atoms with Gasteiger partial charge in [0, 0.05) is 77.3 Å². The van der Waals surface area contributed by atoms with Crippen molar-refractivity contribution < 1.29 is 9.84 Å². The molecular formula is C23H38N4O3. The van der Waals surface area contributed by atoms with E-state index < -0.39 is 0 Å². The van der Waals surface area contributed by atoms with Gasteiger partial charge in [0.05, 0.1) is 5.69 Å². The largest absolute Gasteiger partial charge is 0.503 e. The topological polar surface area (TPSA) is 61.2 Å². The number of piperazine rings is 1. The van der Waals surface area contributed by atoms with Gasteiger partial charge in [0.25, 0.3) is 0 Å². The van der Waals surface area contributed by atoms with E-state index in [1.165, 1.54) is 25.7 Å². The van der Waals surface area contributed by atoms with Gasteiger partial charge in [-0.3, -0.25) is 19.5 Å². The van der Waals surface area contributed by atoms with E-state index >= 15 is 0 Å². The number of hydrogen-bond donors (Lipinski definition) is 1. The van der Waals surface area contributed by atoms with Crippen LogP contribution in [0.4, 0.5) is 0 Å². The van der Waals surface area contributed by atoms with Gasteiger partial charge in [0.2, 0.25) is 5.43 Å². The first-order valence-electron chi connectivity index (χ1n) is 11.8. The minimum Gasteiger partial charge on any atom is -0.503 e. The fraction of sp³-hybridized carbons (Fsp3) is 0.783. The molecule has 3 fully saturated rings. The maximum Gasteiger partial charge on any atom is 0.223 e. The zero-order valence-corrected chi connectivity index (χ0v) is 18.5. The minimum atomic E-state index is -0.242. The molecule has 0 bridgehead atoms. The molecule has 0 radical (unpaired) electrons.